The highest BCUT2D eigenvalue weighted by molar-refractivity contribution is 6.19. The molecule has 7 rings (SSSR count). The van der Waals surface area contributed by atoms with E-state index in [4.69, 9.17) is 0 Å². The van der Waals surface area contributed by atoms with Gasteiger partial charge in [0.15, 0.2) is 0 Å². The summed E-state index contributed by atoms with van der Waals surface area (Å²) in [5, 5.41) is 10.2. The van der Waals surface area contributed by atoms with Crippen molar-refractivity contribution in [3.63, 3.8) is 0 Å². The van der Waals surface area contributed by atoms with E-state index in [0.717, 1.165) is 0 Å². The van der Waals surface area contributed by atoms with Crippen molar-refractivity contribution in [2.75, 3.05) is 0 Å². The molecule has 0 atom stereocenters. The lowest BCUT2D eigenvalue weighted by molar-refractivity contribution is 1.65. The molecule has 7 aromatic rings. The predicted molar refractivity (Wildman–Crippen MR) is 147 cm³/mol. The Hall–Kier alpha value is -4.42. The Morgan fingerprint density at radius 2 is 0.529 bits per heavy atom. The molecule has 34 heavy (non-hydrogen) atoms. The Labute approximate surface area is 198 Å². The Morgan fingerprint density at radius 3 is 0.853 bits per heavy atom. The van der Waals surface area contributed by atoms with E-state index >= 15 is 0 Å². The molecule has 0 aliphatic rings. The Morgan fingerprint density at radius 1 is 0.265 bits per heavy atom. The summed E-state index contributed by atoms with van der Waals surface area (Å²) in [6.45, 7) is 0. The molecule has 0 heteroatoms. The van der Waals surface area contributed by atoms with Crippen molar-refractivity contribution in [1.29, 1.82) is 0 Å². The third kappa shape index (κ3) is 2.86. The lowest BCUT2D eigenvalue weighted by Gasteiger charge is -2.18. The van der Waals surface area contributed by atoms with Crippen molar-refractivity contribution in [3.05, 3.63) is 133 Å². The van der Waals surface area contributed by atoms with Crippen LogP contribution in [-0.4, -0.2) is 0 Å². The maximum absolute atomic E-state index is 2.31. The molecule has 0 fully saturated rings. The van der Waals surface area contributed by atoms with Gasteiger partial charge in [-0.25, -0.2) is 0 Å². The van der Waals surface area contributed by atoms with Crippen LogP contribution in [0.4, 0.5) is 0 Å². The lowest BCUT2D eigenvalue weighted by atomic mass is 9.85. The highest BCUT2D eigenvalue weighted by atomic mass is 14.2. The molecular weight excluding hydrogens is 408 g/mol. The number of hydrogen-bond donors (Lipinski definition) is 0. The molecule has 0 saturated heterocycles. The second-order valence-electron chi connectivity index (χ2n) is 8.93. The van der Waals surface area contributed by atoms with E-state index in [0.29, 0.717) is 0 Å². The minimum absolute atomic E-state index is 1.27. The molecule has 0 amide bonds. The number of fused-ring (bicyclic) bond motifs is 4. The Kier molecular flexibility index (Phi) is 4.25. The minimum atomic E-state index is 1.27. The van der Waals surface area contributed by atoms with Gasteiger partial charge in [0.2, 0.25) is 0 Å². The monoisotopic (exact) mass is 430 g/mol. The van der Waals surface area contributed by atoms with Gasteiger partial charge in [-0.05, 0) is 77.5 Å². The van der Waals surface area contributed by atoms with Crippen molar-refractivity contribution in [2.45, 2.75) is 0 Å². The Bertz CT molecular complexity index is 1610. The number of rotatable bonds is 2. The van der Waals surface area contributed by atoms with Crippen LogP contribution in [0.5, 0.6) is 0 Å². The average Bonchev–Trinajstić information content (AvgIpc) is 2.90. The van der Waals surface area contributed by atoms with Crippen LogP contribution in [0, 0.1) is 0 Å². The van der Waals surface area contributed by atoms with Crippen molar-refractivity contribution >= 4 is 43.1 Å². The van der Waals surface area contributed by atoms with E-state index in [1.54, 1.807) is 0 Å². The van der Waals surface area contributed by atoms with E-state index < -0.39 is 0 Å². The summed E-state index contributed by atoms with van der Waals surface area (Å²) in [5.41, 5.74) is 5.16. The molecular formula is C34H22. The minimum Gasteiger partial charge on any atom is -0.0616 e. The third-order valence-corrected chi connectivity index (χ3v) is 7.01. The van der Waals surface area contributed by atoms with Gasteiger partial charge in [0.1, 0.15) is 0 Å². The van der Waals surface area contributed by atoms with E-state index in [1.807, 2.05) is 0 Å². The van der Waals surface area contributed by atoms with E-state index in [9.17, 15) is 0 Å². The van der Waals surface area contributed by atoms with Gasteiger partial charge in [0.05, 0.1) is 0 Å². The molecule has 158 valence electrons. The molecule has 0 saturated carbocycles. The molecule has 0 aliphatic heterocycles. The van der Waals surface area contributed by atoms with Crippen molar-refractivity contribution in [1.82, 2.24) is 0 Å². The molecule has 0 unspecified atom stereocenters. The van der Waals surface area contributed by atoms with Crippen LogP contribution in [0.15, 0.2) is 133 Å². The van der Waals surface area contributed by atoms with E-state index in [2.05, 4.69) is 133 Å². The first-order valence-corrected chi connectivity index (χ1v) is 11.8. The van der Waals surface area contributed by atoms with Gasteiger partial charge in [0, 0.05) is 0 Å². The summed E-state index contributed by atoms with van der Waals surface area (Å²) in [6.07, 6.45) is 0. The summed E-state index contributed by atoms with van der Waals surface area (Å²) in [7, 11) is 0. The maximum Gasteiger partial charge on any atom is -0.00206 e. The van der Waals surface area contributed by atoms with Crippen molar-refractivity contribution in [3.8, 4) is 22.3 Å². The maximum atomic E-state index is 2.31. The third-order valence-electron chi connectivity index (χ3n) is 7.01. The summed E-state index contributed by atoms with van der Waals surface area (Å²) in [4.78, 5) is 0. The second kappa shape index (κ2) is 7.57. The SMILES string of the molecule is c1ccc(-c2c3ccccc3cc3ccccc23)c(-c2c3ccccc3cc3ccccc23)c1. The number of hydrogen-bond acceptors (Lipinski definition) is 0. The van der Waals surface area contributed by atoms with Crippen LogP contribution in [0.1, 0.15) is 0 Å². The van der Waals surface area contributed by atoms with Crippen LogP contribution < -0.4 is 0 Å². The van der Waals surface area contributed by atoms with Gasteiger partial charge in [-0.1, -0.05) is 121 Å². The van der Waals surface area contributed by atoms with Gasteiger partial charge in [-0.3, -0.25) is 0 Å². The highest BCUT2D eigenvalue weighted by Crippen LogP contribution is 2.44. The van der Waals surface area contributed by atoms with Crippen LogP contribution >= 0.6 is 0 Å². The van der Waals surface area contributed by atoms with Gasteiger partial charge < -0.3 is 0 Å². The van der Waals surface area contributed by atoms with Gasteiger partial charge in [0.25, 0.3) is 0 Å². The summed E-state index contributed by atoms with van der Waals surface area (Å²) in [5.74, 6) is 0. The molecule has 0 bridgehead atoms. The summed E-state index contributed by atoms with van der Waals surface area (Å²) < 4.78 is 0. The smallest absolute Gasteiger partial charge is 0.00206 e. The predicted octanol–water partition coefficient (Wildman–Crippen LogP) is 9.63. The molecule has 0 nitrogen and oxygen atoms in total. The van der Waals surface area contributed by atoms with Crippen LogP contribution in [-0.2, 0) is 0 Å². The molecule has 0 aliphatic carbocycles. The molecule has 0 spiro atoms. The summed E-state index contributed by atoms with van der Waals surface area (Å²) in [6, 6.07) is 48.6. The standard InChI is InChI=1S/C34H22/c1-5-15-27-23(11-1)21-24-12-2-6-16-28(24)33(27)31-19-9-10-20-32(31)34-29-17-7-3-13-25(29)22-26-14-4-8-18-30(26)34/h1-22H. The average molecular weight is 431 g/mol. The summed E-state index contributed by atoms with van der Waals surface area (Å²) >= 11 is 0. The van der Waals surface area contributed by atoms with Gasteiger partial charge in [-0.15, -0.1) is 0 Å². The fraction of sp³-hybridized carbons (Fsp3) is 0. The zero-order valence-corrected chi connectivity index (χ0v) is 18.7. The molecule has 0 aromatic heterocycles. The normalized spacial score (nSPS) is 11.5. The lowest BCUT2D eigenvalue weighted by Crippen LogP contribution is -1.91. The topological polar surface area (TPSA) is 0 Å². The zero-order valence-electron chi connectivity index (χ0n) is 18.7. The van der Waals surface area contributed by atoms with Crippen LogP contribution in [0.3, 0.4) is 0 Å². The molecule has 0 N–H and O–H groups in total. The van der Waals surface area contributed by atoms with Crippen molar-refractivity contribution < 1.29 is 0 Å². The largest absolute Gasteiger partial charge is 0.0616 e. The highest BCUT2D eigenvalue weighted by Gasteiger charge is 2.17. The van der Waals surface area contributed by atoms with Gasteiger partial charge >= 0.3 is 0 Å². The first-order valence-electron chi connectivity index (χ1n) is 11.8. The van der Waals surface area contributed by atoms with Crippen LogP contribution in [0.25, 0.3) is 65.3 Å². The van der Waals surface area contributed by atoms with Crippen molar-refractivity contribution in [2.24, 2.45) is 0 Å². The second-order valence-corrected chi connectivity index (χ2v) is 8.93. The quantitative estimate of drug-likeness (QED) is 0.239. The first-order chi connectivity index (χ1) is 16.9. The fourth-order valence-corrected chi connectivity index (χ4v) is 5.53. The molecule has 7 aromatic carbocycles. The van der Waals surface area contributed by atoms with Gasteiger partial charge in [-0.2, -0.15) is 0 Å². The number of benzene rings is 7. The zero-order chi connectivity index (χ0) is 22.5. The first kappa shape index (κ1) is 19.1. The van der Waals surface area contributed by atoms with Crippen LogP contribution in [0.2, 0.25) is 0 Å². The molecule has 0 heterocycles. The van der Waals surface area contributed by atoms with E-state index in [-0.39, 0.29) is 0 Å². The Balaban J connectivity index is 1.68. The fourth-order valence-electron chi connectivity index (χ4n) is 5.53. The van der Waals surface area contributed by atoms with E-state index in [1.165, 1.54) is 65.3 Å². The molecule has 0 radical (unpaired) electrons.